The molecule has 1 aliphatic heterocycles. The molecular weight excluding hydrogens is 266 g/mol. The molecule has 3 rings (SSSR count). The van der Waals surface area contributed by atoms with Gasteiger partial charge >= 0.3 is 5.97 Å². The van der Waals surface area contributed by atoms with Crippen LogP contribution in [0.2, 0.25) is 0 Å². The Morgan fingerprint density at radius 2 is 2.16 bits per heavy atom. The van der Waals surface area contributed by atoms with Crippen molar-refractivity contribution in [3.05, 3.63) is 34.8 Å². The van der Waals surface area contributed by atoms with Crippen LogP contribution < -0.4 is 10.6 Å². The summed E-state index contributed by atoms with van der Waals surface area (Å²) in [5, 5.41) is 0.922. The lowest BCUT2D eigenvalue weighted by Gasteiger charge is -2.28. The Balaban J connectivity index is 2.23. The van der Waals surface area contributed by atoms with Crippen LogP contribution in [-0.4, -0.2) is 30.3 Å². The molecular formula is C14H12ClNO3. The molecule has 0 N–H and O–H groups in total. The van der Waals surface area contributed by atoms with Crippen molar-refractivity contribution < 1.29 is 14.3 Å². The zero-order valence-corrected chi connectivity index (χ0v) is 11.1. The summed E-state index contributed by atoms with van der Waals surface area (Å²) in [4.78, 5) is 28.4. The molecule has 0 aromatic heterocycles. The Labute approximate surface area is 114 Å². The molecule has 3 unspecified atom stereocenters. The first-order valence-electron chi connectivity index (χ1n) is 6.06. The lowest BCUT2D eigenvalue weighted by molar-refractivity contribution is -0.144. The summed E-state index contributed by atoms with van der Waals surface area (Å²) in [5.74, 6) is -0.972. The number of ether oxygens (including phenoxy) is 1. The van der Waals surface area contributed by atoms with Gasteiger partial charge in [-0.1, -0.05) is 18.2 Å². The van der Waals surface area contributed by atoms with Crippen molar-refractivity contribution in [2.24, 2.45) is 10.9 Å². The average Bonchev–Trinajstić information content (AvgIpc) is 2.81. The predicted octanol–water partition coefficient (Wildman–Crippen LogP) is 0.208. The van der Waals surface area contributed by atoms with Crippen molar-refractivity contribution in [1.29, 1.82) is 0 Å². The van der Waals surface area contributed by atoms with E-state index in [0.717, 1.165) is 16.1 Å². The van der Waals surface area contributed by atoms with Gasteiger partial charge in [-0.15, -0.1) is 11.6 Å². The molecule has 5 heteroatoms. The number of hydrogen-bond acceptors (Lipinski definition) is 4. The number of Topliss-reactive ketones (excluding diaryl/α,β-unsaturated/α-hetero) is 1. The van der Waals surface area contributed by atoms with Crippen LogP contribution in [0.15, 0.2) is 29.3 Å². The number of para-hydroxylation sites is 1. The largest absolute Gasteiger partial charge is 0.469 e. The maximum absolute atomic E-state index is 12.1. The van der Waals surface area contributed by atoms with E-state index in [1.165, 1.54) is 7.11 Å². The molecule has 0 bridgehead atoms. The van der Waals surface area contributed by atoms with Gasteiger partial charge in [0.2, 0.25) is 0 Å². The van der Waals surface area contributed by atoms with Gasteiger partial charge in [-0.05, 0) is 18.1 Å². The second-order valence-corrected chi connectivity index (χ2v) is 5.21. The summed E-state index contributed by atoms with van der Waals surface area (Å²) in [6, 6.07) is 6.82. The molecule has 1 aromatic carbocycles. The number of esters is 1. The Kier molecular flexibility index (Phi) is 2.90. The van der Waals surface area contributed by atoms with E-state index in [4.69, 9.17) is 16.3 Å². The number of halogens is 1. The van der Waals surface area contributed by atoms with Crippen LogP contribution in [0.25, 0.3) is 5.57 Å². The van der Waals surface area contributed by atoms with Gasteiger partial charge in [0.1, 0.15) is 6.04 Å². The van der Waals surface area contributed by atoms with Crippen molar-refractivity contribution in [2.75, 3.05) is 7.11 Å². The zero-order valence-electron chi connectivity index (χ0n) is 10.3. The highest BCUT2D eigenvalue weighted by atomic mass is 35.5. The van der Waals surface area contributed by atoms with Crippen molar-refractivity contribution in [3.63, 3.8) is 0 Å². The van der Waals surface area contributed by atoms with Gasteiger partial charge in [-0.3, -0.25) is 14.6 Å². The summed E-state index contributed by atoms with van der Waals surface area (Å²) < 4.78 is 4.83. The highest BCUT2D eigenvalue weighted by Gasteiger charge is 2.44. The van der Waals surface area contributed by atoms with Crippen molar-refractivity contribution in [3.8, 4) is 0 Å². The number of carbonyl (C=O) groups is 2. The maximum atomic E-state index is 12.1. The van der Waals surface area contributed by atoms with Gasteiger partial charge in [0.05, 0.1) is 23.8 Å². The highest BCUT2D eigenvalue weighted by molar-refractivity contribution is 6.33. The van der Waals surface area contributed by atoms with Gasteiger partial charge in [0, 0.05) is 5.22 Å². The predicted molar refractivity (Wildman–Crippen MR) is 69.2 cm³/mol. The maximum Gasteiger partial charge on any atom is 0.312 e. The molecule has 0 spiro atoms. The molecule has 1 aliphatic carbocycles. The summed E-state index contributed by atoms with van der Waals surface area (Å²) >= 11 is 6.04. The number of benzene rings is 1. The number of alkyl halides is 1. The number of rotatable bonds is 1. The summed E-state index contributed by atoms with van der Waals surface area (Å²) in [5.41, 5.74) is 0.740. The van der Waals surface area contributed by atoms with Crippen LogP contribution in [0.5, 0.6) is 0 Å². The summed E-state index contributed by atoms with van der Waals surface area (Å²) in [6.45, 7) is 0. The lowest BCUT2D eigenvalue weighted by atomic mass is 9.80. The minimum atomic E-state index is -0.684. The van der Waals surface area contributed by atoms with Crippen molar-refractivity contribution in [2.45, 2.75) is 17.8 Å². The van der Waals surface area contributed by atoms with Crippen LogP contribution in [0.3, 0.4) is 0 Å². The average molecular weight is 278 g/mol. The van der Waals surface area contributed by atoms with Gasteiger partial charge in [0.15, 0.2) is 5.78 Å². The monoisotopic (exact) mass is 277 g/mol. The molecule has 4 nitrogen and oxygen atoms in total. The minimum absolute atomic E-state index is 0.131. The number of ketones is 1. The molecule has 1 heterocycles. The Hall–Kier alpha value is -1.68. The Morgan fingerprint density at radius 3 is 2.89 bits per heavy atom. The van der Waals surface area contributed by atoms with Gasteiger partial charge in [-0.2, -0.15) is 0 Å². The van der Waals surface area contributed by atoms with Crippen LogP contribution >= 0.6 is 11.6 Å². The Morgan fingerprint density at radius 1 is 1.42 bits per heavy atom. The number of nitrogens with zero attached hydrogens (tertiary/aromatic N) is 1. The van der Waals surface area contributed by atoms with Gasteiger partial charge in [0.25, 0.3) is 0 Å². The standard InChI is InChI=1S/C14H12ClNO3/c1-19-14(18)8-6-9(15)13(17)12-11(8)7-4-2-3-5-10(7)16-12/h2-5,8-9,12H,6H2,1H3. The fourth-order valence-corrected chi connectivity index (χ4v) is 3.07. The number of methoxy groups -OCH3 is 1. The van der Waals surface area contributed by atoms with E-state index in [1.807, 2.05) is 24.3 Å². The summed E-state index contributed by atoms with van der Waals surface area (Å²) in [7, 11) is 1.34. The molecule has 0 radical (unpaired) electrons. The third-order valence-corrected chi connectivity index (χ3v) is 4.05. The third-order valence-electron chi connectivity index (χ3n) is 3.66. The quantitative estimate of drug-likeness (QED) is 0.545. The van der Waals surface area contributed by atoms with Crippen LogP contribution in [0, 0.1) is 5.92 Å². The molecule has 1 fully saturated rings. The molecule has 3 atom stereocenters. The summed E-state index contributed by atoms with van der Waals surface area (Å²) in [6.07, 6.45) is 0.281. The fraction of sp³-hybridized carbons (Fsp3) is 0.357. The normalized spacial score (nSPS) is 28.4. The molecule has 1 aromatic rings. The van der Waals surface area contributed by atoms with E-state index in [-0.39, 0.29) is 18.2 Å². The first kappa shape index (κ1) is 12.4. The van der Waals surface area contributed by atoms with E-state index in [9.17, 15) is 9.59 Å². The minimum Gasteiger partial charge on any atom is -0.469 e. The second-order valence-electron chi connectivity index (χ2n) is 4.69. The van der Waals surface area contributed by atoms with E-state index in [1.54, 1.807) is 0 Å². The van der Waals surface area contributed by atoms with Gasteiger partial charge < -0.3 is 4.74 Å². The van der Waals surface area contributed by atoms with Crippen LogP contribution in [0.4, 0.5) is 0 Å². The first-order valence-corrected chi connectivity index (χ1v) is 6.49. The number of carbonyl (C=O) groups excluding carboxylic acids is 2. The van der Waals surface area contributed by atoms with E-state index in [2.05, 4.69) is 4.99 Å². The molecule has 0 amide bonds. The van der Waals surface area contributed by atoms with E-state index >= 15 is 0 Å². The highest BCUT2D eigenvalue weighted by Crippen LogP contribution is 2.34. The van der Waals surface area contributed by atoms with E-state index < -0.39 is 17.3 Å². The SMILES string of the molecule is COC(=O)C1CC(Cl)C(=O)C2N=c3ccccc3=C12. The van der Waals surface area contributed by atoms with Crippen LogP contribution in [-0.2, 0) is 14.3 Å². The molecule has 2 aliphatic rings. The van der Waals surface area contributed by atoms with Crippen molar-refractivity contribution in [1.82, 2.24) is 0 Å². The van der Waals surface area contributed by atoms with E-state index in [0.29, 0.717) is 0 Å². The topological polar surface area (TPSA) is 55.7 Å². The van der Waals surface area contributed by atoms with Gasteiger partial charge in [-0.25, -0.2) is 0 Å². The molecule has 19 heavy (non-hydrogen) atoms. The first-order chi connectivity index (χ1) is 9.13. The lowest BCUT2D eigenvalue weighted by Crippen LogP contribution is -2.42. The molecule has 0 saturated heterocycles. The smallest absolute Gasteiger partial charge is 0.312 e. The zero-order chi connectivity index (χ0) is 13.6. The molecule has 98 valence electrons. The second kappa shape index (κ2) is 4.46. The fourth-order valence-electron chi connectivity index (χ4n) is 2.77. The van der Waals surface area contributed by atoms with Crippen molar-refractivity contribution >= 4 is 28.9 Å². The number of hydrogen-bond donors (Lipinski definition) is 0. The number of fused-ring (bicyclic) bond motifs is 2. The third kappa shape index (κ3) is 1.78. The van der Waals surface area contributed by atoms with Crippen LogP contribution in [0.1, 0.15) is 6.42 Å². The Bertz CT molecular complexity index is 682. The molecule has 1 saturated carbocycles.